The number of benzene rings is 2. The average Bonchev–Trinajstić information content (AvgIpc) is 3.19. The first-order valence-corrected chi connectivity index (χ1v) is 15.1. The van der Waals surface area contributed by atoms with E-state index in [1.54, 1.807) is 0 Å². The van der Waals surface area contributed by atoms with Crippen molar-refractivity contribution in [3.8, 4) is 5.75 Å². The van der Waals surface area contributed by atoms with Crippen molar-refractivity contribution in [1.29, 1.82) is 0 Å². The van der Waals surface area contributed by atoms with Crippen molar-refractivity contribution in [1.82, 2.24) is 0 Å². The van der Waals surface area contributed by atoms with Crippen LogP contribution >= 0.6 is 0 Å². The van der Waals surface area contributed by atoms with Gasteiger partial charge in [-0.15, -0.1) is 0 Å². The molecule has 1 nitrogen and oxygen atoms in total. The van der Waals surface area contributed by atoms with Crippen molar-refractivity contribution < 1.29 is 4.74 Å². The summed E-state index contributed by atoms with van der Waals surface area (Å²) in [6.07, 6.45) is 14.8. The van der Waals surface area contributed by atoms with Crippen molar-refractivity contribution in [3.05, 3.63) is 64.7 Å². The molecule has 1 aliphatic rings. The van der Waals surface area contributed by atoms with Crippen LogP contribution in [0.4, 0.5) is 0 Å². The monoisotopic (exact) mass is 420 g/mol. The molecule has 0 aliphatic heterocycles. The van der Waals surface area contributed by atoms with Gasteiger partial charge in [0, 0.05) is 5.54 Å². The largest absolute Gasteiger partial charge is 0.497 e. The molecule has 1 atom stereocenters. The molecule has 1 unspecified atom stereocenters. The third kappa shape index (κ3) is 4.91. The minimum atomic E-state index is -1.83. The third-order valence-electron chi connectivity index (χ3n) is 6.82. The first-order valence-electron chi connectivity index (χ1n) is 12.0. The van der Waals surface area contributed by atoms with E-state index in [2.05, 4.69) is 75.5 Å². The fourth-order valence-electron chi connectivity index (χ4n) is 5.00. The number of allylic oxidation sites excluding steroid dienone is 1. The van der Waals surface area contributed by atoms with Gasteiger partial charge >= 0.3 is 0 Å². The highest BCUT2D eigenvalue weighted by atomic mass is 28.3. The summed E-state index contributed by atoms with van der Waals surface area (Å²) in [5.41, 5.74) is 6.36. The van der Waals surface area contributed by atoms with Crippen LogP contribution in [0.1, 0.15) is 80.2 Å². The van der Waals surface area contributed by atoms with Gasteiger partial charge in [0.05, 0.1) is 15.2 Å². The van der Waals surface area contributed by atoms with Crippen molar-refractivity contribution >= 4 is 19.3 Å². The molecule has 1 aliphatic carbocycles. The maximum Gasteiger partial charge on any atom is 0.121 e. The van der Waals surface area contributed by atoms with E-state index < -0.39 is 8.07 Å². The minimum absolute atomic E-state index is 0.511. The van der Waals surface area contributed by atoms with Crippen LogP contribution in [0, 0.1) is 0 Å². The van der Waals surface area contributed by atoms with E-state index in [0.29, 0.717) is 5.54 Å². The Hall–Kier alpha value is -1.80. The van der Waals surface area contributed by atoms with Crippen molar-refractivity contribution in [2.75, 3.05) is 7.11 Å². The molecule has 0 N–H and O–H groups in total. The zero-order valence-corrected chi connectivity index (χ0v) is 20.8. The lowest BCUT2D eigenvalue weighted by atomic mass is 10.00. The molecule has 0 radical (unpaired) electrons. The lowest BCUT2D eigenvalue weighted by molar-refractivity contribution is 0.411. The van der Waals surface area contributed by atoms with Gasteiger partial charge in [-0.3, -0.25) is 0 Å². The van der Waals surface area contributed by atoms with Gasteiger partial charge in [0.2, 0.25) is 0 Å². The molecule has 0 heterocycles. The van der Waals surface area contributed by atoms with Crippen LogP contribution in [0.25, 0.3) is 6.08 Å². The lowest BCUT2D eigenvalue weighted by Crippen LogP contribution is -2.48. The predicted molar refractivity (Wildman–Crippen MR) is 135 cm³/mol. The zero-order valence-electron chi connectivity index (χ0n) is 19.8. The number of unbranched alkanes of at least 4 members (excludes halogenated alkanes) is 4. The van der Waals surface area contributed by atoms with Crippen LogP contribution in [0.3, 0.4) is 0 Å². The Morgan fingerprint density at radius 1 is 0.900 bits per heavy atom. The van der Waals surface area contributed by atoms with Crippen molar-refractivity contribution in [3.63, 3.8) is 0 Å². The number of fused-ring (bicyclic) bond motifs is 1. The first kappa shape index (κ1) is 22.9. The Balaban J connectivity index is 2.03. The van der Waals surface area contributed by atoms with Crippen molar-refractivity contribution in [2.24, 2.45) is 0 Å². The van der Waals surface area contributed by atoms with Gasteiger partial charge in [-0.25, -0.2) is 0 Å². The number of ether oxygens (including phenoxy) is 1. The Morgan fingerprint density at radius 2 is 1.60 bits per heavy atom. The van der Waals surface area contributed by atoms with Gasteiger partial charge in [-0.05, 0) is 53.1 Å². The Labute approximate surface area is 185 Å². The molecule has 0 saturated heterocycles. The number of hydrogen-bond acceptors (Lipinski definition) is 1. The summed E-state index contributed by atoms with van der Waals surface area (Å²) in [5, 5.41) is 1.51. The van der Waals surface area contributed by atoms with Gasteiger partial charge in [-0.2, -0.15) is 0 Å². The zero-order chi connectivity index (χ0) is 21.6. The molecule has 162 valence electrons. The van der Waals surface area contributed by atoms with Gasteiger partial charge in [0.1, 0.15) is 5.75 Å². The smallest absolute Gasteiger partial charge is 0.121 e. The summed E-state index contributed by atoms with van der Waals surface area (Å²) in [6, 6.07) is 13.9. The van der Waals surface area contributed by atoms with E-state index in [-0.39, 0.29) is 0 Å². The molecular weight excluding hydrogens is 380 g/mol. The molecule has 0 bridgehead atoms. The summed E-state index contributed by atoms with van der Waals surface area (Å²) < 4.78 is 6.13. The second kappa shape index (κ2) is 10.5. The Bertz CT molecular complexity index is 865. The average molecular weight is 421 g/mol. The van der Waals surface area contributed by atoms with E-state index in [1.807, 2.05) is 7.11 Å². The normalized spacial score (nSPS) is 15.4. The van der Waals surface area contributed by atoms with E-state index >= 15 is 0 Å². The maximum atomic E-state index is 6.13. The summed E-state index contributed by atoms with van der Waals surface area (Å²) >= 11 is 0. The summed E-state index contributed by atoms with van der Waals surface area (Å²) in [6.45, 7) is 9.64. The highest BCUT2D eigenvalue weighted by Gasteiger charge is 2.39. The van der Waals surface area contributed by atoms with Crippen LogP contribution in [0.2, 0.25) is 13.1 Å². The maximum absolute atomic E-state index is 6.13. The topological polar surface area (TPSA) is 9.23 Å². The quantitative estimate of drug-likeness (QED) is 0.271. The van der Waals surface area contributed by atoms with Gasteiger partial charge in [0.25, 0.3) is 0 Å². The molecule has 2 aromatic rings. The van der Waals surface area contributed by atoms with Crippen LogP contribution < -0.4 is 9.92 Å². The molecule has 0 aromatic heterocycles. The van der Waals surface area contributed by atoms with Gasteiger partial charge < -0.3 is 4.74 Å². The molecule has 3 rings (SSSR count). The molecule has 30 heavy (non-hydrogen) atoms. The van der Waals surface area contributed by atoms with E-state index in [9.17, 15) is 0 Å². The first-order chi connectivity index (χ1) is 14.5. The fourth-order valence-corrected chi connectivity index (χ4v) is 8.35. The number of methoxy groups -OCH3 is 1. The second-order valence-corrected chi connectivity index (χ2v) is 14.0. The Morgan fingerprint density at radius 3 is 2.30 bits per heavy atom. The number of aryl methyl sites for hydroxylation is 2. The molecule has 2 heteroatoms. The van der Waals surface area contributed by atoms with Crippen LogP contribution in [0.15, 0.2) is 42.5 Å². The second-order valence-electron chi connectivity index (χ2n) is 9.44. The van der Waals surface area contributed by atoms with Crippen LogP contribution in [-0.2, 0) is 12.8 Å². The standard InChI is InChI=1S/C28H40OSi/c1-6-8-10-14-22-20-24(16-11-9-7-2)28(29-3)27(21-22)30(4,5)26-19-18-23-15-12-13-17-25(23)26/h12-13,15,17-21,26H,6-11,14,16H2,1-5H3. The lowest BCUT2D eigenvalue weighted by Gasteiger charge is -2.33. The van der Waals surface area contributed by atoms with Gasteiger partial charge in [-0.1, -0.05) is 101 Å². The summed E-state index contributed by atoms with van der Waals surface area (Å²) in [4.78, 5) is 0. The van der Waals surface area contributed by atoms with Gasteiger partial charge in [0.15, 0.2) is 0 Å². The molecule has 0 amide bonds. The molecule has 0 spiro atoms. The third-order valence-corrected chi connectivity index (χ3v) is 10.6. The minimum Gasteiger partial charge on any atom is -0.497 e. The van der Waals surface area contributed by atoms with E-state index in [1.165, 1.54) is 78.1 Å². The molecular formula is C28H40OSi. The Kier molecular flexibility index (Phi) is 7.99. The molecule has 2 aromatic carbocycles. The highest BCUT2D eigenvalue weighted by molar-refractivity contribution is 6.92. The van der Waals surface area contributed by atoms with Crippen molar-refractivity contribution in [2.45, 2.75) is 83.8 Å². The van der Waals surface area contributed by atoms with E-state index in [4.69, 9.17) is 4.74 Å². The summed E-state index contributed by atoms with van der Waals surface area (Å²) in [5.74, 6) is 1.18. The predicted octanol–water partition coefficient (Wildman–Crippen LogP) is 7.43. The van der Waals surface area contributed by atoms with Crippen LogP contribution in [0.5, 0.6) is 5.75 Å². The number of hydrogen-bond donors (Lipinski definition) is 0. The molecule has 0 saturated carbocycles. The number of rotatable bonds is 11. The highest BCUT2D eigenvalue weighted by Crippen LogP contribution is 2.38. The summed E-state index contributed by atoms with van der Waals surface area (Å²) in [7, 11) is 0.0441. The van der Waals surface area contributed by atoms with E-state index in [0.717, 1.165) is 6.42 Å². The SMILES string of the molecule is CCCCCc1cc(CCCCC)c(OC)c([Si](C)(C)C2C=Cc3ccccc32)c1. The molecule has 0 fully saturated rings. The fraction of sp³-hybridized carbons (Fsp3) is 0.500. The van der Waals surface area contributed by atoms with Crippen LogP contribution in [-0.4, -0.2) is 15.2 Å².